The zero-order valence-electron chi connectivity index (χ0n) is 15.9. The van der Waals surface area contributed by atoms with Gasteiger partial charge in [0, 0.05) is 18.9 Å². The lowest BCUT2D eigenvalue weighted by Crippen LogP contribution is -2.15. The third-order valence-corrected chi connectivity index (χ3v) is 5.03. The van der Waals surface area contributed by atoms with Gasteiger partial charge in [-0.05, 0) is 37.2 Å². The summed E-state index contributed by atoms with van der Waals surface area (Å²) in [6, 6.07) is 12.2. The number of carbonyl (C=O) groups is 2. The molecule has 0 aliphatic rings. The Bertz CT molecular complexity index is 1060. The highest BCUT2D eigenvalue weighted by molar-refractivity contribution is 7.21. The smallest absolute Gasteiger partial charge is 0.414 e. The number of nitrogens with zero attached hydrogens (tertiary/aromatic N) is 3. The van der Waals surface area contributed by atoms with E-state index in [0.717, 1.165) is 48.1 Å². The number of fused-ring (bicyclic) bond motifs is 1. The highest BCUT2D eigenvalue weighted by Crippen LogP contribution is 2.31. The molecule has 9 nitrogen and oxygen atoms in total. The Labute approximate surface area is 175 Å². The first-order chi connectivity index (χ1) is 14.5. The van der Waals surface area contributed by atoms with Crippen LogP contribution < -0.4 is 5.32 Å². The minimum atomic E-state index is -1.82. The molecule has 0 unspecified atom stereocenters. The molecule has 4 aromatic rings. The molecule has 4 rings (SSSR count). The Kier molecular flexibility index (Phi) is 7.30. The van der Waals surface area contributed by atoms with Gasteiger partial charge in [0.15, 0.2) is 10.8 Å². The number of hydrogen-bond acceptors (Lipinski definition) is 7. The molecule has 30 heavy (non-hydrogen) atoms. The first-order valence-corrected chi connectivity index (χ1v) is 9.92. The Morgan fingerprint density at radius 3 is 2.63 bits per heavy atom. The number of benzene rings is 1. The fourth-order valence-electron chi connectivity index (χ4n) is 2.58. The average molecular weight is 428 g/mol. The maximum Gasteiger partial charge on any atom is 0.414 e. The van der Waals surface area contributed by atoms with E-state index in [4.69, 9.17) is 24.2 Å². The lowest BCUT2D eigenvalue weighted by molar-refractivity contribution is -0.159. The van der Waals surface area contributed by atoms with Crippen LogP contribution in [0.15, 0.2) is 59.5 Å². The van der Waals surface area contributed by atoms with E-state index in [9.17, 15) is 0 Å². The molecule has 0 aliphatic carbocycles. The number of para-hydroxylation sites is 1. The second kappa shape index (κ2) is 10.3. The van der Waals surface area contributed by atoms with Crippen LogP contribution in [0.25, 0.3) is 21.0 Å². The summed E-state index contributed by atoms with van der Waals surface area (Å²) in [5.41, 5.74) is 1.02. The number of thiazole rings is 1. The van der Waals surface area contributed by atoms with Gasteiger partial charge in [-0.2, -0.15) is 0 Å². The maximum atomic E-state index is 9.10. The van der Waals surface area contributed by atoms with E-state index in [1.54, 1.807) is 17.5 Å². The Hall–Kier alpha value is -3.50. The van der Waals surface area contributed by atoms with Crippen LogP contribution in [-0.4, -0.2) is 43.2 Å². The predicted octanol–water partition coefficient (Wildman–Crippen LogP) is 3.09. The van der Waals surface area contributed by atoms with E-state index < -0.39 is 11.9 Å². The maximum absolute atomic E-state index is 9.10. The number of hydrogen-bond donors (Lipinski definition) is 3. The number of furan rings is 1. The molecule has 0 saturated heterocycles. The second-order valence-electron chi connectivity index (χ2n) is 6.19. The lowest BCUT2D eigenvalue weighted by Gasteiger charge is -2.03. The summed E-state index contributed by atoms with van der Waals surface area (Å²) in [6.07, 6.45) is 6.69. The molecule has 0 saturated carbocycles. The fraction of sp³-hybridized carbons (Fsp3) is 0.200. The van der Waals surface area contributed by atoms with Crippen LogP contribution in [0.2, 0.25) is 0 Å². The summed E-state index contributed by atoms with van der Waals surface area (Å²) in [7, 11) is 0. The third-order valence-electron chi connectivity index (χ3n) is 3.98. The van der Waals surface area contributed by atoms with Crippen molar-refractivity contribution in [3.63, 3.8) is 0 Å². The number of carboxylic acids is 2. The summed E-state index contributed by atoms with van der Waals surface area (Å²) in [5, 5.41) is 19.1. The van der Waals surface area contributed by atoms with Gasteiger partial charge >= 0.3 is 11.9 Å². The van der Waals surface area contributed by atoms with Gasteiger partial charge in [0.2, 0.25) is 0 Å². The minimum absolute atomic E-state index is 0.731. The molecule has 3 N–H and O–H groups in total. The van der Waals surface area contributed by atoms with E-state index in [-0.39, 0.29) is 0 Å². The molecule has 1 aromatic carbocycles. The molecule has 0 spiro atoms. The van der Waals surface area contributed by atoms with Gasteiger partial charge in [0.1, 0.15) is 5.76 Å². The molecular weight excluding hydrogens is 408 g/mol. The van der Waals surface area contributed by atoms with Crippen molar-refractivity contribution in [1.82, 2.24) is 19.9 Å². The minimum Gasteiger partial charge on any atom is -0.473 e. The van der Waals surface area contributed by atoms with Crippen molar-refractivity contribution < 1.29 is 24.2 Å². The quantitative estimate of drug-likeness (QED) is 0.302. The number of imidazole rings is 1. The number of aromatic nitrogens is 3. The normalized spacial score (nSPS) is 10.5. The molecule has 3 heterocycles. The van der Waals surface area contributed by atoms with E-state index in [1.165, 1.54) is 4.70 Å². The SMILES string of the molecule is O=C(O)C(=O)O.c1ccc2sc(-c3ccc(CNCCCn4ccnc4)o3)nc2c1. The third kappa shape index (κ3) is 6.00. The van der Waals surface area contributed by atoms with Gasteiger partial charge in [-0.15, -0.1) is 11.3 Å². The van der Waals surface area contributed by atoms with Gasteiger partial charge in [-0.25, -0.2) is 19.6 Å². The summed E-state index contributed by atoms with van der Waals surface area (Å²) in [4.78, 5) is 26.9. The molecule has 0 aliphatic heterocycles. The summed E-state index contributed by atoms with van der Waals surface area (Å²) >= 11 is 1.66. The van der Waals surface area contributed by atoms with E-state index in [0.29, 0.717) is 0 Å². The average Bonchev–Trinajstić information content (AvgIpc) is 3.48. The van der Waals surface area contributed by atoms with Crippen molar-refractivity contribution >= 4 is 33.5 Å². The molecular formula is C20H20N4O5S. The van der Waals surface area contributed by atoms with Gasteiger partial charge < -0.3 is 24.5 Å². The monoisotopic (exact) mass is 428 g/mol. The van der Waals surface area contributed by atoms with Crippen molar-refractivity contribution in [2.45, 2.75) is 19.5 Å². The lowest BCUT2D eigenvalue weighted by atomic mass is 10.3. The predicted molar refractivity (Wildman–Crippen MR) is 111 cm³/mol. The van der Waals surface area contributed by atoms with Gasteiger partial charge in [-0.1, -0.05) is 12.1 Å². The Morgan fingerprint density at radius 2 is 1.93 bits per heavy atom. The highest BCUT2D eigenvalue weighted by atomic mass is 32.1. The van der Waals surface area contributed by atoms with E-state index in [1.807, 2.05) is 42.9 Å². The molecule has 156 valence electrons. The van der Waals surface area contributed by atoms with Crippen molar-refractivity contribution in [3.8, 4) is 10.8 Å². The number of aliphatic carboxylic acids is 2. The summed E-state index contributed by atoms with van der Waals surface area (Å²) < 4.78 is 9.19. The molecule has 3 aromatic heterocycles. The fourth-order valence-corrected chi connectivity index (χ4v) is 3.51. The standard InChI is InChI=1S/C18H18N4OS.C2H2O4/c1-2-5-17-15(4-1)21-18(24-17)16-7-6-14(23-16)12-19-8-3-10-22-11-9-20-13-22;3-1(4)2(5)6/h1-2,4-7,9,11,13,19H,3,8,10,12H2;(H,3,4)(H,5,6). The van der Waals surface area contributed by atoms with Crippen molar-refractivity contribution in [3.05, 3.63) is 60.9 Å². The van der Waals surface area contributed by atoms with Gasteiger partial charge in [-0.3, -0.25) is 0 Å². The van der Waals surface area contributed by atoms with Crippen molar-refractivity contribution in [2.75, 3.05) is 6.54 Å². The van der Waals surface area contributed by atoms with Crippen molar-refractivity contribution in [2.24, 2.45) is 0 Å². The molecule has 0 amide bonds. The first-order valence-electron chi connectivity index (χ1n) is 9.10. The molecule has 0 bridgehead atoms. The highest BCUT2D eigenvalue weighted by Gasteiger charge is 2.10. The van der Waals surface area contributed by atoms with Crippen LogP contribution in [0, 0.1) is 0 Å². The molecule has 10 heteroatoms. The van der Waals surface area contributed by atoms with Crippen LogP contribution in [0.3, 0.4) is 0 Å². The van der Waals surface area contributed by atoms with Crippen molar-refractivity contribution in [1.29, 1.82) is 0 Å². The largest absolute Gasteiger partial charge is 0.473 e. The zero-order valence-corrected chi connectivity index (χ0v) is 16.7. The Balaban J connectivity index is 0.000000377. The van der Waals surface area contributed by atoms with Crippen LogP contribution in [0.5, 0.6) is 0 Å². The van der Waals surface area contributed by atoms with Gasteiger partial charge in [0.25, 0.3) is 0 Å². The summed E-state index contributed by atoms with van der Waals surface area (Å²) in [6.45, 7) is 2.65. The van der Waals surface area contributed by atoms with Crippen LogP contribution in [0.1, 0.15) is 12.2 Å². The molecule has 0 atom stereocenters. The van der Waals surface area contributed by atoms with Crippen LogP contribution >= 0.6 is 11.3 Å². The van der Waals surface area contributed by atoms with E-state index in [2.05, 4.69) is 25.9 Å². The number of carboxylic acid groups (broad SMARTS) is 2. The van der Waals surface area contributed by atoms with Crippen LogP contribution in [-0.2, 0) is 22.7 Å². The van der Waals surface area contributed by atoms with E-state index >= 15 is 0 Å². The number of rotatable bonds is 7. The first kappa shape index (κ1) is 21.2. The Morgan fingerprint density at radius 1 is 1.13 bits per heavy atom. The second-order valence-corrected chi connectivity index (χ2v) is 7.22. The van der Waals surface area contributed by atoms with Crippen LogP contribution in [0.4, 0.5) is 0 Å². The molecule has 0 fully saturated rings. The topological polar surface area (TPSA) is 130 Å². The number of nitrogens with one attached hydrogen (secondary N) is 1. The zero-order chi connectivity index (χ0) is 21.3. The van der Waals surface area contributed by atoms with Gasteiger partial charge in [0.05, 0.1) is 23.1 Å². The molecule has 0 radical (unpaired) electrons. The number of aryl methyl sites for hydroxylation is 1. The summed E-state index contributed by atoms with van der Waals surface area (Å²) in [5.74, 6) is -1.87.